The molecule has 0 amide bonds. The molecule has 0 bridgehead atoms. The highest BCUT2D eigenvalue weighted by Crippen LogP contribution is 2.26. The Kier molecular flexibility index (Phi) is 3.34. The van der Waals surface area contributed by atoms with Gasteiger partial charge in [-0.1, -0.05) is 32.1 Å². The van der Waals surface area contributed by atoms with Gasteiger partial charge in [-0.3, -0.25) is 4.98 Å². The molecule has 2 heteroatoms. The van der Waals surface area contributed by atoms with Gasteiger partial charge in [0.15, 0.2) is 0 Å². The van der Waals surface area contributed by atoms with Crippen LogP contribution in [0.1, 0.15) is 43.4 Å². The van der Waals surface area contributed by atoms with Crippen LogP contribution in [0.4, 0.5) is 0 Å². The first-order valence-electron chi connectivity index (χ1n) is 5.73. The molecule has 15 heavy (non-hydrogen) atoms. The normalized spacial score (nSPS) is 17.3. The quantitative estimate of drug-likeness (QED) is 0.735. The highest BCUT2D eigenvalue weighted by Gasteiger charge is 2.14. The van der Waals surface area contributed by atoms with Crippen LogP contribution in [-0.4, -0.2) is 4.98 Å². The van der Waals surface area contributed by atoms with Crippen LogP contribution in [0.25, 0.3) is 0 Å². The van der Waals surface area contributed by atoms with E-state index in [2.05, 4.69) is 11.1 Å². The van der Waals surface area contributed by atoms with Crippen molar-refractivity contribution >= 4 is 0 Å². The summed E-state index contributed by atoms with van der Waals surface area (Å²) in [6, 6.07) is 5.86. The minimum Gasteiger partial charge on any atom is -0.261 e. The number of pyridine rings is 1. The molecule has 2 nitrogen and oxygen atoms in total. The van der Waals surface area contributed by atoms with Crippen LogP contribution in [-0.2, 0) is 6.42 Å². The molecule has 0 saturated heterocycles. The van der Waals surface area contributed by atoms with Crippen LogP contribution in [0.15, 0.2) is 18.3 Å². The zero-order valence-electron chi connectivity index (χ0n) is 8.95. The van der Waals surface area contributed by atoms with Gasteiger partial charge in [-0.15, -0.1) is 0 Å². The molecule has 0 N–H and O–H groups in total. The summed E-state index contributed by atoms with van der Waals surface area (Å²) in [6.45, 7) is 0. The number of aromatic nitrogens is 1. The zero-order valence-corrected chi connectivity index (χ0v) is 8.95. The van der Waals surface area contributed by atoms with E-state index < -0.39 is 0 Å². The van der Waals surface area contributed by atoms with Crippen molar-refractivity contribution in [1.82, 2.24) is 4.98 Å². The van der Waals surface area contributed by atoms with E-state index >= 15 is 0 Å². The van der Waals surface area contributed by atoms with E-state index in [1.807, 2.05) is 6.07 Å². The topological polar surface area (TPSA) is 36.7 Å². The van der Waals surface area contributed by atoms with Crippen molar-refractivity contribution in [3.8, 4) is 6.07 Å². The van der Waals surface area contributed by atoms with Crippen LogP contribution in [0.3, 0.4) is 0 Å². The maximum absolute atomic E-state index is 8.79. The van der Waals surface area contributed by atoms with Crippen LogP contribution >= 0.6 is 0 Å². The van der Waals surface area contributed by atoms with Crippen molar-refractivity contribution in [2.24, 2.45) is 5.92 Å². The fraction of sp³-hybridized carbons (Fsp3) is 0.538. The number of nitriles is 1. The molecule has 1 aliphatic rings. The molecule has 0 radical (unpaired) electrons. The monoisotopic (exact) mass is 200 g/mol. The van der Waals surface area contributed by atoms with Crippen LogP contribution in [0, 0.1) is 17.2 Å². The molecule has 2 rings (SSSR count). The Morgan fingerprint density at radius 2 is 2.13 bits per heavy atom. The lowest BCUT2D eigenvalue weighted by Crippen LogP contribution is -2.10. The lowest BCUT2D eigenvalue weighted by Gasteiger charge is -2.20. The predicted molar refractivity (Wildman–Crippen MR) is 59.2 cm³/mol. The zero-order chi connectivity index (χ0) is 10.5. The summed E-state index contributed by atoms with van der Waals surface area (Å²) in [5, 5.41) is 8.79. The number of hydrogen-bond donors (Lipinski definition) is 0. The van der Waals surface area contributed by atoms with Gasteiger partial charge in [0.05, 0.1) is 11.6 Å². The molecule has 0 aromatic carbocycles. The Morgan fingerprint density at radius 1 is 1.33 bits per heavy atom. The molecule has 1 aliphatic carbocycles. The van der Waals surface area contributed by atoms with E-state index in [4.69, 9.17) is 5.26 Å². The Labute approximate surface area is 91.0 Å². The van der Waals surface area contributed by atoms with Gasteiger partial charge in [-0.05, 0) is 24.5 Å². The second-order valence-electron chi connectivity index (χ2n) is 4.36. The summed E-state index contributed by atoms with van der Waals surface area (Å²) in [6.07, 6.45) is 9.58. The highest BCUT2D eigenvalue weighted by atomic mass is 14.7. The first kappa shape index (κ1) is 10.2. The fourth-order valence-corrected chi connectivity index (χ4v) is 2.35. The first-order valence-corrected chi connectivity index (χ1v) is 5.73. The SMILES string of the molecule is N#Cc1ccnc(CC2CCCCC2)c1. The van der Waals surface area contributed by atoms with E-state index in [1.165, 1.54) is 32.1 Å². The molecule has 0 spiro atoms. The summed E-state index contributed by atoms with van der Waals surface area (Å²) >= 11 is 0. The first-order chi connectivity index (χ1) is 7.38. The number of rotatable bonds is 2. The van der Waals surface area contributed by atoms with E-state index in [9.17, 15) is 0 Å². The largest absolute Gasteiger partial charge is 0.261 e. The smallest absolute Gasteiger partial charge is 0.0992 e. The molecule has 0 atom stereocenters. The minimum absolute atomic E-state index is 0.732. The maximum Gasteiger partial charge on any atom is 0.0992 e. The minimum atomic E-state index is 0.732. The summed E-state index contributed by atoms with van der Waals surface area (Å²) < 4.78 is 0. The van der Waals surface area contributed by atoms with Crippen LogP contribution in [0.5, 0.6) is 0 Å². The third-order valence-electron chi connectivity index (χ3n) is 3.17. The second-order valence-corrected chi connectivity index (χ2v) is 4.36. The van der Waals surface area contributed by atoms with Gasteiger partial charge in [-0.25, -0.2) is 0 Å². The molecule has 1 aromatic rings. The van der Waals surface area contributed by atoms with Crippen molar-refractivity contribution in [3.63, 3.8) is 0 Å². The number of nitrogens with zero attached hydrogens (tertiary/aromatic N) is 2. The Balaban J connectivity index is 2.00. The summed E-state index contributed by atoms with van der Waals surface area (Å²) in [5.74, 6) is 0.792. The van der Waals surface area contributed by atoms with Crippen molar-refractivity contribution in [2.75, 3.05) is 0 Å². The van der Waals surface area contributed by atoms with Gasteiger partial charge in [0.2, 0.25) is 0 Å². The third-order valence-corrected chi connectivity index (χ3v) is 3.17. The summed E-state index contributed by atoms with van der Waals surface area (Å²) in [4.78, 5) is 4.33. The average molecular weight is 200 g/mol. The maximum atomic E-state index is 8.79. The van der Waals surface area contributed by atoms with Gasteiger partial charge < -0.3 is 0 Å². The van der Waals surface area contributed by atoms with Crippen LogP contribution in [0.2, 0.25) is 0 Å². The molecule has 0 aliphatic heterocycles. The third kappa shape index (κ3) is 2.79. The predicted octanol–water partition coefficient (Wildman–Crippen LogP) is 3.08. The Hall–Kier alpha value is -1.36. The molecule has 1 fully saturated rings. The number of hydrogen-bond acceptors (Lipinski definition) is 2. The van der Waals surface area contributed by atoms with E-state index in [1.54, 1.807) is 12.3 Å². The van der Waals surface area contributed by atoms with Crippen molar-refractivity contribution in [1.29, 1.82) is 5.26 Å². The van der Waals surface area contributed by atoms with Gasteiger partial charge in [0.1, 0.15) is 0 Å². The highest BCUT2D eigenvalue weighted by molar-refractivity contribution is 5.28. The van der Waals surface area contributed by atoms with Crippen LogP contribution < -0.4 is 0 Å². The van der Waals surface area contributed by atoms with E-state index in [0.29, 0.717) is 0 Å². The van der Waals surface area contributed by atoms with Gasteiger partial charge >= 0.3 is 0 Å². The Bertz CT molecular complexity index is 359. The Morgan fingerprint density at radius 3 is 2.87 bits per heavy atom. The summed E-state index contributed by atoms with van der Waals surface area (Å²) in [5.41, 5.74) is 1.82. The average Bonchev–Trinajstić information content (AvgIpc) is 2.31. The van der Waals surface area contributed by atoms with Gasteiger partial charge in [0, 0.05) is 11.9 Å². The second kappa shape index (κ2) is 4.93. The fourth-order valence-electron chi connectivity index (χ4n) is 2.35. The van der Waals surface area contributed by atoms with Gasteiger partial charge in [0.25, 0.3) is 0 Å². The lowest BCUT2D eigenvalue weighted by molar-refractivity contribution is 0.354. The molecule has 1 heterocycles. The van der Waals surface area contributed by atoms with Crippen molar-refractivity contribution in [2.45, 2.75) is 38.5 Å². The van der Waals surface area contributed by atoms with Crippen molar-refractivity contribution < 1.29 is 0 Å². The molecular formula is C13H16N2. The van der Waals surface area contributed by atoms with Crippen molar-refractivity contribution in [3.05, 3.63) is 29.6 Å². The van der Waals surface area contributed by atoms with E-state index in [-0.39, 0.29) is 0 Å². The standard InChI is InChI=1S/C13H16N2/c14-10-12-6-7-15-13(9-12)8-11-4-2-1-3-5-11/h6-7,9,11H,1-5,8H2. The summed E-state index contributed by atoms with van der Waals surface area (Å²) in [7, 11) is 0. The van der Waals surface area contributed by atoms with E-state index in [0.717, 1.165) is 23.6 Å². The lowest BCUT2D eigenvalue weighted by atomic mass is 9.86. The molecule has 0 unspecified atom stereocenters. The molecular weight excluding hydrogens is 184 g/mol. The van der Waals surface area contributed by atoms with Gasteiger partial charge in [-0.2, -0.15) is 5.26 Å². The molecule has 1 aromatic heterocycles. The molecule has 78 valence electrons. The molecule has 1 saturated carbocycles.